The Morgan fingerprint density at radius 3 is 2.74 bits per heavy atom. The highest BCUT2D eigenvalue weighted by molar-refractivity contribution is 5.84. The Bertz CT molecular complexity index is 866. The Morgan fingerprint density at radius 2 is 2.00 bits per heavy atom. The van der Waals surface area contributed by atoms with Crippen molar-refractivity contribution >= 4 is 17.0 Å². The van der Waals surface area contributed by atoms with Gasteiger partial charge in [-0.2, -0.15) is 0 Å². The number of allylic oxidation sites excluding steroid dienone is 1. The van der Waals surface area contributed by atoms with Crippen molar-refractivity contribution in [3.63, 3.8) is 0 Å². The Morgan fingerprint density at radius 1 is 1.22 bits per heavy atom. The molecule has 0 aliphatic rings. The zero-order valence-electron chi connectivity index (χ0n) is 12.7. The molecule has 3 aromatic rings. The van der Waals surface area contributed by atoms with Crippen molar-refractivity contribution in [1.82, 2.24) is 4.98 Å². The van der Waals surface area contributed by atoms with Crippen molar-refractivity contribution in [2.45, 2.75) is 13.5 Å². The highest BCUT2D eigenvalue weighted by Crippen LogP contribution is 2.23. The lowest BCUT2D eigenvalue weighted by molar-refractivity contribution is -0.422. The number of aromatic nitrogens is 1. The fourth-order valence-electron chi connectivity index (χ4n) is 2.32. The van der Waals surface area contributed by atoms with Crippen LogP contribution in [0.5, 0.6) is 5.75 Å². The summed E-state index contributed by atoms with van der Waals surface area (Å²) in [6.45, 7) is 1.98. The van der Waals surface area contributed by atoms with Crippen LogP contribution in [0, 0.1) is 10.1 Å². The molecule has 0 aliphatic heterocycles. The van der Waals surface area contributed by atoms with E-state index >= 15 is 0 Å². The lowest BCUT2D eigenvalue weighted by atomic mass is 10.2. The summed E-state index contributed by atoms with van der Waals surface area (Å²) >= 11 is 0. The Hall–Kier alpha value is -3.08. The second kappa shape index (κ2) is 6.36. The minimum Gasteiger partial charge on any atom is -0.489 e. The topological polar surface area (TPSA) is 68.2 Å². The lowest BCUT2D eigenvalue weighted by Gasteiger charge is -2.06. The van der Waals surface area contributed by atoms with E-state index < -0.39 is 4.92 Å². The van der Waals surface area contributed by atoms with Crippen molar-refractivity contribution in [3.05, 3.63) is 81.7 Å². The number of nitrogens with zero attached hydrogens (tertiary/aromatic N) is 1. The molecule has 0 amide bonds. The molecule has 116 valence electrons. The molecular weight excluding hydrogens is 292 g/mol. The summed E-state index contributed by atoms with van der Waals surface area (Å²) < 4.78 is 5.79. The molecular formula is C18H16N2O3. The van der Waals surface area contributed by atoms with E-state index in [-0.39, 0.29) is 5.70 Å². The van der Waals surface area contributed by atoms with Crippen LogP contribution in [0.4, 0.5) is 0 Å². The molecule has 0 atom stereocenters. The van der Waals surface area contributed by atoms with E-state index in [1.807, 2.05) is 54.6 Å². The monoisotopic (exact) mass is 308 g/mol. The Labute approximate surface area is 133 Å². The zero-order chi connectivity index (χ0) is 16.2. The maximum atomic E-state index is 10.7. The van der Waals surface area contributed by atoms with Crippen LogP contribution in [0.15, 0.2) is 60.3 Å². The molecule has 0 fully saturated rings. The Kier molecular flexibility index (Phi) is 4.10. The quantitative estimate of drug-likeness (QED) is 0.561. The number of H-pyrrole nitrogens is 1. The van der Waals surface area contributed by atoms with E-state index in [9.17, 15) is 10.1 Å². The number of hydrogen-bond acceptors (Lipinski definition) is 3. The van der Waals surface area contributed by atoms with Gasteiger partial charge in [0.1, 0.15) is 12.4 Å². The molecule has 1 aromatic heterocycles. The van der Waals surface area contributed by atoms with Gasteiger partial charge in [0.2, 0.25) is 5.70 Å². The largest absolute Gasteiger partial charge is 0.489 e. The first-order valence-corrected chi connectivity index (χ1v) is 7.24. The summed E-state index contributed by atoms with van der Waals surface area (Å²) in [6.07, 6.45) is 1.52. The second-order valence-electron chi connectivity index (χ2n) is 5.29. The molecule has 2 aromatic carbocycles. The molecule has 0 unspecified atom stereocenters. The minimum atomic E-state index is -0.403. The molecule has 5 nitrogen and oxygen atoms in total. The predicted molar refractivity (Wildman–Crippen MR) is 89.7 cm³/mol. The van der Waals surface area contributed by atoms with Gasteiger partial charge in [0.05, 0.1) is 4.92 Å². The number of ether oxygens (including phenoxy) is 1. The van der Waals surface area contributed by atoms with Crippen molar-refractivity contribution in [2.24, 2.45) is 0 Å². The van der Waals surface area contributed by atoms with Crippen LogP contribution in [0.2, 0.25) is 0 Å². The summed E-state index contributed by atoms with van der Waals surface area (Å²) in [5, 5.41) is 11.7. The molecule has 0 saturated carbocycles. The summed E-state index contributed by atoms with van der Waals surface area (Å²) in [6, 6.07) is 17.5. The van der Waals surface area contributed by atoms with Crippen molar-refractivity contribution < 1.29 is 9.66 Å². The normalized spacial score (nSPS) is 11.6. The SMILES string of the molecule is C/C(=C\c1cc2cc(OCc3ccccc3)ccc2[nH]1)[N+](=O)[O-]. The third kappa shape index (κ3) is 3.58. The van der Waals surface area contributed by atoms with Gasteiger partial charge in [0.15, 0.2) is 0 Å². The molecule has 3 rings (SSSR count). The molecule has 0 spiro atoms. The molecule has 1 heterocycles. The summed E-state index contributed by atoms with van der Waals surface area (Å²) in [5.74, 6) is 0.766. The van der Waals surface area contributed by atoms with Gasteiger partial charge in [-0.25, -0.2) is 0 Å². The fraction of sp³-hybridized carbons (Fsp3) is 0.111. The number of nitro groups is 1. The van der Waals surface area contributed by atoms with Crippen LogP contribution >= 0.6 is 0 Å². The van der Waals surface area contributed by atoms with Crippen molar-refractivity contribution in [2.75, 3.05) is 0 Å². The standard InChI is InChI=1S/C18H16N2O3/c1-13(20(21)22)9-16-10-15-11-17(7-8-18(15)19-16)23-12-14-5-3-2-4-6-14/h2-11,19H,12H2,1H3/b13-9+. The predicted octanol–water partition coefficient (Wildman–Crippen LogP) is 4.38. The fourth-order valence-corrected chi connectivity index (χ4v) is 2.32. The van der Waals surface area contributed by atoms with Gasteiger partial charge in [0.25, 0.3) is 0 Å². The molecule has 1 N–H and O–H groups in total. The van der Waals surface area contributed by atoms with Gasteiger partial charge in [-0.05, 0) is 29.8 Å². The van der Waals surface area contributed by atoms with Crippen LogP contribution in [0.1, 0.15) is 18.2 Å². The van der Waals surface area contributed by atoms with Crippen LogP contribution in [-0.2, 0) is 6.61 Å². The van der Waals surface area contributed by atoms with E-state index in [2.05, 4.69) is 4.98 Å². The van der Waals surface area contributed by atoms with E-state index in [0.717, 1.165) is 22.2 Å². The summed E-state index contributed by atoms with van der Waals surface area (Å²) in [5.41, 5.74) is 2.82. The van der Waals surface area contributed by atoms with Gasteiger partial charge in [-0.1, -0.05) is 30.3 Å². The van der Waals surface area contributed by atoms with Crippen LogP contribution in [0.3, 0.4) is 0 Å². The van der Waals surface area contributed by atoms with Crippen molar-refractivity contribution in [1.29, 1.82) is 0 Å². The molecule has 23 heavy (non-hydrogen) atoms. The van der Waals surface area contributed by atoms with E-state index in [1.165, 1.54) is 13.0 Å². The highest BCUT2D eigenvalue weighted by Gasteiger charge is 2.06. The summed E-state index contributed by atoms with van der Waals surface area (Å²) in [4.78, 5) is 13.4. The second-order valence-corrected chi connectivity index (χ2v) is 5.29. The molecule has 5 heteroatoms. The van der Waals surface area contributed by atoms with Crippen molar-refractivity contribution in [3.8, 4) is 5.75 Å². The van der Waals surface area contributed by atoms with Gasteiger partial charge in [0, 0.05) is 29.6 Å². The number of benzene rings is 2. The third-order valence-corrected chi connectivity index (χ3v) is 3.51. The van der Waals surface area contributed by atoms with E-state index in [0.29, 0.717) is 12.3 Å². The zero-order valence-corrected chi connectivity index (χ0v) is 12.7. The number of hydrogen-bond donors (Lipinski definition) is 1. The van der Waals surface area contributed by atoms with E-state index in [1.54, 1.807) is 0 Å². The first-order valence-electron chi connectivity index (χ1n) is 7.24. The maximum Gasteiger partial charge on any atom is 0.245 e. The van der Waals surface area contributed by atoms with Crippen LogP contribution in [-0.4, -0.2) is 9.91 Å². The first-order chi connectivity index (χ1) is 11.1. The van der Waals surface area contributed by atoms with Crippen LogP contribution < -0.4 is 4.74 Å². The lowest BCUT2D eigenvalue weighted by Crippen LogP contribution is -1.94. The van der Waals surface area contributed by atoms with Crippen LogP contribution in [0.25, 0.3) is 17.0 Å². The van der Waals surface area contributed by atoms with Gasteiger partial charge < -0.3 is 9.72 Å². The molecule has 0 radical (unpaired) electrons. The van der Waals surface area contributed by atoms with Gasteiger partial charge >= 0.3 is 0 Å². The molecule has 0 aliphatic carbocycles. The summed E-state index contributed by atoms with van der Waals surface area (Å²) in [7, 11) is 0. The number of nitrogens with one attached hydrogen (secondary N) is 1. The van der Waals surface area contributed by atoms with Gasteiger partial charge in [-0.3, -0.25) is 10.1 Å². The molecule has 0 bridgehead atoms. The number of fused-ring (bicyclic) bond motifs is 1. The average Bonchev–Trinajstić information content (AvgIpc) is 2.95. The number of rotatable bonds is 5. The average molecular weight is 308 g/mol. The smallest absolute Gasteiger partial charge is 0.245 e. The minimum absolute atomic E-state index is 0.0945. The maximum absolute atomic E-state index is 10.7. The Balaban J connectivity index is 1.79. The highest BCUT2D eigenvalue weighted by atomic mass is 16.6. The van der Waals surface area contributed by atoms with E-state index in [4.69, 9.17) is 4.74 Å². The third-order valence-electron chi connectivity index (χ3n) is 3.51. The van der Waals surface area contributed by atoms with Gasteiger partial charge in [-0.15, -0.1) is 0 Å². The number of aromatic amines is 1. The molecule has 0 saturated heterocycles. The first kappa shape index (κ1) is 14.8.